The first-order valence-corrected chi connectivity index (χ1v) is 7.57. The molecule has 0 fully saturated rings. The maximum absolute atomic E-state index is 12.0. The molecule has 6 nitrogen and oxygen atoms in total. The molecular formula is C18H15N5O. The Balaban J connectivity index is 2.02. The summed E-state index contributed by atoms with van der Waals surface area (Å²) < 4.78 is 0. The second-order valence-corrected chi connectivity index (χ2v) is 5.50. The summed E-state index contributed by atoms with van der Waals surface area (Å²) in [5.74, 6) is 0.517. The minimum absolute atomic E-state index is 0.432. The molecule has 2 N–H and O–H groups in total. The highest BCUT2D eigenvalue weighted by Gasteiger charge is 2.18. The molecule has 0 spiro atoms. The quantitative estimate of drug-likeness (QED) is 0.607. The van der Waals surface area contributed by atoms with E-state index in [-0.39, 0.29) is 0 Å². The van der Waals surface area contributed by atoms with Crippen LogP contribution in [0, 0.1) is 6.92 Å². The largest absolute Gasteiger partial charge is 0.348 e. The molecule has 0 saturated heterocycles. The van der Waals surface area contributed by atoms with Gasteiger partial charge < -0.3 is 4.98 Å². The van der Waals surface area contributed by atoms with E-state index in [1.54, 1.807) is 6.33 Å². The lowest BCUT2D eigenvalue weighted by Crippen LogP contribution is -2.19. The lowest BCUT2D eigenvalue weighted by molar-refractivity contribution is 1.07. The molecule has 118 valence electrons. The van der Waals surface area contributed by atoms with E-state index in [1.807, 2.05) is 60.4 Å². The molecule has 2 aromatic heterocycles. The van der Waals surface area contributed by atoms with Gasteiger partial charge in [-0.05, 0) is 36.8 Å². The molecule has 0 atom stereocenters. The lowest BCUT2D eigenvalue weighted by atomic mass is 10.2. The standard InChI is InChI=1S/C18H15N5O/c1-12-6-5-9-14(10-12)23(13-7-3-2-4-8-13)17-15-16(20-11-19-15)21-18(24)22-17/h2-11H,1H3,(H2,19,20,21,22,24). The second kappa shape index (κ2) is 5.66. The van der Waals surface area contributed by atoms with Gasteiger partial charge in [-0.15, -0.1) is 0 Å². The first kappa shape index (κ1) is 14.2. The average molecular weight is 317 g/mol. The number of H-pyrrole nitrogens is 2. The molecule has 4 aromatic rings. The number of rotatable bonds is 3. The summed E-state index contributed by atoms with van der Waals surface area (Å²) in [5.41, 5.74) is 3.70. The lowest BCUT2D eigenvalue weighted by Gasteiger charge is -2.24. The topological polar surface area (TPSA) is 77.7 Å². The van der Waals surface area contributed by atoms with Crippen LogP contribution in [0.1, 0.15) is 5.56 Å². The Morgan fingerprint density at radius 2 is 1.79 bits per heavy atom. The van der Waals surface area contributed by atoms with E-state index in [4.69, 9.17) is 0 Å². The highest BCUT2D eigenvalue weighted by molar-refractivity contribution is 5.90. The van der Waals surface area contributed by atoms with E-state index in [1.165, 1.54) is 0 Å². The molecule has 2 aromatic carbocycles. The molecule has 24 heavy (non-hydrogen) atoms. The van der Waals surface area contributed by atoms with Crippen LogP contribution in [0.3, 0.4) is 0 Å². The molecule has 0 unspecified atom stereocenters. The Kier molecular flexibility index (Phi) is 3.35. The van der Waals surface area contributed by atoms with Gasteiger partial charge in [-0.1, -0.05) is 30.3 Å². The summed E-state index contributed by atoms with van der Waals surface area (Å²) in [6.45, 7) is 2.03. The van der Waals surface area contributed by atoms with Gasteiger partial charge in [0, 0.05) is 11.4 Å². The van der Waals surface area contributed by atoms with Crippen LogP contribution in [-0.4, -0.2) is 19.9 Å². The maximum Gasteiger partial charge on any atom is 0.348 e. The van der Waals surface area contributed by atoms with E-state index in [0.29, 0.717) is 17.0 Å². The molecular weight excluding hydrogens is 302 g/mol. The molecule has 2 heterocycles. The number of benzene rings is 2. The number of fused-ring (bicyclic) bond motifs is 1. The van der Waals surface area contributed by atoms with Crippen molar-refractivity contribution < 1.29 is 0 Å². The number of imidazole rings is 1. The molecule has 6 heteroatoms. The summed E-state index contributed by atoms with van der Waals surface area (Å²) in [6, 6.07) is 17.9. The Morgan fingerprint density at radius 1 is 1.00 bits per heavy atom. The summed E-state index contributed by atoms with van der Waals surface area (Å²) in [4.78, 5) is 28.0. The average Bonchev–Trinajstić information content (AvgIpc) is 3.04. The van der Waals surface area contributed by atoms with Crippen molar-refractivity contribution in [1.82, 2.24) is 19.9 Å². The highest BCUT2D eigenvalue weighted by Crippen LogP contribution is 2.35. The van der Waals surface area contributed by atoms with Gasteiger partial charge in [-0.25, -0.2) is 9.78 Å². The third-order valence-electron chi connectivity index (χ3n) is 3.78. The molecule has 0 aliphatic heterocycles. The van der Waals surface area contributed by atoms with E-state index in [9.17, 15) is 4.79 Å². The maximum atomic E-state index is 12.0. The number of hydrogen-bond acceptors (Lipinski definition) is 4. The number of aryl methyl sites for hydroxylation is 1. The van der Waals surface area contributed by atoms with Crippen molar-refractivity contribution in [1.29, 1.82) is 0 Å². The molecule has 0 aliphatic rings. The van der Waals surface area contributed by atoms with Gasteiger partial charge in [0.15, 0.2) is 11.5 Å². The fraction of sp³-hybridized carbons (Fsp3) is 0.0556. The molecule has 0 amide bonds. The third-order valence-corrected chi connectivity index (χ3v) is 3.78. The number of nitrogens with one attached hydrogen (secondary N) is 2. The fourth-order valence-electron chi connectivity index (χ4n) is 2.74. The molecule has 4 rings (SSSR count). The van der Waals surface area contributed by atoms with E-state index in [2.05, 4.69) is 26.0 Å². The SMILES string of the molecule is Cc1cccc(N(c2ccccc2)c2nc(=O)[nH]c3nc[nH]c23)c1. The van der Waals surface area contributed by atoms with Crippen LogP contribution < -0.4 is 10.6 Å². The molecule has 0 aliphatic carbocycles. The van der Waals surface area contributed by atoms with Gasteiger partial charge in [0.2, 0.25) is 0 Å². The minimum atomic E-state index is -0.432. The van der Waals surface area contributed by atoms with Crippen molar-refractivity contribution in [2.75, 3.05) is 4.90 Å². The van der Waals surface area contributed by atoms with Gasteiger partial charge >= 0.3 is 5.69 Å². The zero-order chi connectivity index (χ0) is 16.5. The predicted molar refractivity (Wildman–Crippen MR) is 93.9 cm³/mol. The number of para-hydroxylation sites is 1. The minimum Gasteiger partial charge on any atom is -0.340 e. The summed E-state index contributed by atoms with van der Waals surface area (Å²) in [7, 11) is 0. The normalized spacial score (nSPS) is 10.9. The predicted octanol–water partition coefficient (Wildman–Crippen LogP) is 3.42. The first-order valence-electron chi connectivity index (χ1n) is 7.57. The Morgan fingerprint density at radius 3 is 2.58 bits per heavy atom. The molecule has 0 bridgehead atoms. The van der Waals surface area contributed by atoms with Gasteiger partial charge in [0.25, 0.3) is 0 Å². The summed E-state index contributed by atoms with van der Waals surface area (Å²) in [6.07, 6.45) is 1.55. The smallest absolute Gasteiger partial charge is 0.340 e. The zero-order valence-corrected chi connectivity index (χ0v) is 13.0. The third kappa shape index (κ3) is 2.44. The first-order chi connectivity index (χ1) is 11.7. The van der Waals surface area contributed by atoms with Gasteiger partial charge in [0.1, 0.15) is 5.52 Å². The number of aromatic nitrogens is 4. The number of hydrogen-bond donors (Lipinski definition) is 2. The van der Waals surface area contributed by atoms with Crippen molar-refractivity contribution in [3.05, 3.63) is 77.0 Å². The summed E-state index contributed by atoms with van der Waals surface area (Å²) in [5, 5.41) is 0. The van der Waals surface area contributed by atoms with Crippen molar-refractivity contribution in [2.24, 2.45) is 0 Å². The van der Waals surface area contributed by atoms with Crippen LogP contribution in [0.2, 0.25) is 0 Å². The van der Waals surface area contributed by atoms with Crippen molar-refractivity contribution >= 4 is 28.4 Å². The van der Waals surface area contributed by atoms with Crippen molar-refractivity contribution in [2.45, 2.75) is 6.92 Å². The number of nitrogens with zero attached hydrogens (tertiary/aromatic N) is 3. The van der Waals surface area contributed by atoms with Gasteiger partial charge in [0.05, 0.1) is 6.33 Å². The Labute approximate surface area is 137 Å². The van der Waals surface area contributed by atoms with E-state index in [0.717, 1.165) is 16.9 Å². The highest BCUT2D eigenvalue weighted by atomic mass is 16.1. The second-order valence-electron chi connectivity index (χ2n) is 5.50. The van der Waals surface area contributed by atoms with Crippen molar-refractivity contribution in [3.63, 3.8) is 0 Å². The van der Waals surface area contributed by atoms with Crippen molar-refractivity contribution in [3.8, 4) is 0 Å². The summed E-state index contributed by atoms with van der Waals surface area (Å²) >= 11 is 0. The fourth-order valence-corrected chi connectivity index (χ4v) is 2.74. The van der Waals surface area contributed by atoms with Crippen LogP contribution in [-0.2, 0) is 0 Å². The van der Waals surface area contributed by atoms with E-state index >= 15 is 0 Å². The van der Waals surface area contributed by atoms with Crippen LogP contribution >= 0.6 is 0 Å². The number of anilines is 3. The van der Waals surface area contributed by atoms with Gasteiger partial charge in [-0.2, -0.15) is 4.98 Å². The molecule has 0 saturated carbocycles. The van der Waals surface area contributed by atoms with Crippen LogP contribution in [0.15, 0.2) is 65.7 Å². The molecule has 0 radical (unpaired) electrons. The monoisotopic (exact) mass is 317 g/mol. The zero-order valence-electron chi connectivity index (χ0n) is 13.0. The van der Waals surface area contributed by atoms with Gasteiger partial charge in [-0.3, -0.25) is 9.88 Å². The Hall–Kier alpha value is -3.41. The number of aromatic amines is 2. The van der Waals surface area contributed by atoms with Crippen LogP contribution in [0.4, 0.5) is 17.2 Å². The van der Waals surface area contributed by atoms with Crippen LogP contribution in [0.5, 0.6) is 0 Å². The van der Waals surface area contributed by atoms with E-state index < -0.39 is 5.69 Å². The Bertz CT molecular complexity index is 1050. The van der Waals surface area contributed by atoms with Crippen LogP contribution in [0.25, 0.3) is 11.2 Å².